The largest absolute Gasteiger partial charge is 0.573 e. The van der Waals surface area contributed by atoms with E-state index in [1.165, 1.54) is 19.1 Å². The number of carbonyl (C=O) groups is 1. The third kappa shape index (κ3) is 7.27. The average molecular weight is 543 g/mol. The molecule has 7 nitrogen and oxygen atoms in total. The molecule has 0 aromatic heterocycles. The zero-order valence-corrected chi connectivity index (χ0v) is 19.7. The van der Waals surface area contributed by atoms with Crippen LogP contribution < -0.4 is 19.5 Å². The van der Waals surface area contributed by atoms with Crippen molar-refractivity contribution in [2.45, 2.75) is 44.4 Å². The molecule has 0 bridgehead atoms. The number of alkyl halides is 3. The summed E-state index contributed by atoms with van der Waals surface area (Å²) >= 11 is 3.45. The molecule has 0 unspecified atom stereocenters. The SMILES string of the molecule is C[C@@](C#N)(COc1cccc(O[C@@H]2CCCCO2)c1Br)NC(=O)c1ccc(OC(F)(F)F)cc1. The van der Waals surface area contributed by atoms with Crippen molar-refractivity contribution in [1.29, 1.82) is 5.26 Å². The number of nitrogens with one attached hydrogen (secondary N) is 1. The molecule has 1 aliphatic heterocycles. The fraction of sp³-hybridized carbons (Fsp3) is 0.391. The van der Waals surface area contributed by atoms with Crippen LogP contribution in [0.5, 0.6) is 17.2 Å². The molecule has 1 heterocycles. The van der Waals surface area contributed by atoms with Crippen LogP contribution in [0, 0.1) is 11.3 Å². The van der Waals surface area contributed by atoms with Crippen molar-refractivity contribution >= 4 is 21.8 Å². The fourth-order valence-corrected chi connectivity index (χ4v) is 3.56. The van der Waals surface area contributed by atoms with E-state index in [-0.39, 0.29) is 18.5 Å². The van der Waals surface area contributed by atoms with Crippen LogP contribution in [0.25, 0.3) is 0 Å². The molecule has 3 rings (SSSR count). The first-order valence-electron chi connectivity index (χ1n) is 10.4. The second kappa shape index (κ2) is 11.0. The Balaban J connectivity index is 1.62. The van der Waals surface area contributed by atoms with Crippen LogP contribution in [0.2, 0.25) is 0 Å². The molecule has 34 heavy (non-hydrogen) atoms. The van der Waals surface area contributed by atoms with Gasteiger partial charge in [0.25, 0.3) is 5.91 Å². The molecule has 0 spiro atoms. The molecule has 1 aliphatic rings. The lowest BCUT2D eigenvalue weighted by atomic mass is 10.1. The molecule has 1 saturated heterocycles. The summed E-state index contributed by atoms with van der Waals surface area (Å²) in [5.41, 5.74) is -1.37. The van der Waals surface area contributed by atoms with Crippen LogP contribution in [0.4, 0.5) is 13.2 Å². The van der Waals surface area contributed by atoms with Crippen molar-refractivity contribution in [3.05, 3.63) is 52.5 Å². The van der Waals surface area contributed by atoms with E-state index in [1.54, 1.807) is 18.2 Å². The maximum absolute atomic E-state index is 12.5. The van der Waals surface area contributed by atoms with E-state index in [2.05, 4.69) is 26.0 Å². The lowest BCUT2D eigenvalue weighted by Gasteiger charge is -2.26. The first kappa shape index (κ1) is 25.6. The summed E-state index contributed by atoms with van der Waals surface area (Å²) in [7, 11) is 0. The first-order chi connectivity index (χ1) is 16.1. The van der Waals surface area contributed by atoms with Gasteiger partial charge < -0.3 is 24.3 Å². The molecule has 2 aromatic rings. The van der Waals surface area contributed by atoms with Gasteiger partial charge in [0, 0.05) is 12.0 Å². The summed E-state index contributed by atoms with van der Waals surface area (Å²) in [6.45, 7) is 1.90. The third-order valence-corrected chi connectivity index (χ3v) is 5.61. The number of hydrogen-bond acceptors (Lipinski definition) is 6. The normalized spacial score (nSPS) is 17.7. The highest BCUT2D eigenvalue weighted by molar-refractivity contribution is 9.10. The molecule has 182 valence electrons. The van der Waals surface area contributed by atoms with Crippen molar-refractivity contribution in [3.8, 4) is 23.3 Å². The van der Waals surface area contributed by atoms with Gasteiger partial charge in [0.15, 0.2) is 11.8 Å². The number of halogens is 4. The second-order valence-electron chi connectivity index (χ2n) is 7.74. The Morgan fingerprint density at radius 2 is 1.91 bits per heavy atom. The number of carbonyl (C=O) groups excluding carboxylic acids is 1. The molecular formula is C23H22BrF3N2O5. The zero-order valence-electron chi connectivity index (χ0n) is 18.2. The van der Waals surface area contributed by atoms with Crippen LogP contribution in [0.3, 0.4) is 0 Å². The number of nitriles is 1. The van der Waals surface area contributed by atoms with Gasteiger partial charge in [0.1, 0.15) is 28.3 Å². The molecule has 1 N–H and O–H groups in total. The monoisotopic (exact) mass is 542 g/mol. The number of nitrogens with zero attached hydrogens (tertiary/aromatic N) is 1. The van der Waals surface area contributed by atoms with Crippen molar-refractivity contribution in [2.24, 2.45) is 0 Å². The minimum atomic E-state index is -4.83. The van der Waals surface area contributed by atoms with Gasteiger partial charge >= 0.3 is 6.36 Å². The summed E-state index contributed by atoms with van der Waals surface area (Å²) in [5.74, 6) is -0.191. The van der Waals surface area contributed by atoms with Crippen molar-refractivity contribution in [2.75, 3.05) is 13.2 Å². The van der Waals surface area contributed by atoms with E-state index in [9.17, 15) is 23.2 Å². The van der Waals surface area contributed by atoms with Crippen molar-refractivity contribution < 1.29 is 36.9 Å². The Bertz CT molecular complexity index is 1040. The highest BCUT2D eigenvalue weighted by atomic mass is 79.9. The second-order valence-corrected chi connectivity index (χ2v) is 8.53. The van der Waals surface area contributed by atoms with E-state index in [0.717, 1.165) is 31.4 Å². The van der Waals surface area contributed by atoms with Gasteiger partial charge in [-0.1, -0.05) is 6.07 Å². The summed E-state index contributed by atoms with van der Waals surface area (Å²) in [6.07, 6.45) is -2.40. The minimum Gasteiger partial charge on any atom is -0.489 e. The lowest BCUT2D eigenvalue weighted by molar-refractivity contribution is -0.274. The maximum Gasteiger partial charge on any atom is 0.573 e. The Morgan fingerprint density at radius 1 is 1.21 bits per heavy atom. The highest BCUT2D eigenvalue weighted by Crippen LogP contribution is 2.36. The number of benzene rings is 2. The van der Waals surface area contributed by atoms with E-state index in [0.29, 0.717) is 22.6 Å². The van der Waals surface area contributed by atoms with Gasteiger partial charge in [-0.25, -0.2) is 0 Å². The van der Waals surface area contributed by atoms with Crippen LogP contribution in [0.1, 0.15) is 36.5 Å². The average Bonchev–Trinajstić information content (AvgIpc) is 2.80. The molecule has 1 amide bonds. The predicted octanol–water partition coefficient (Wildman–Crippen LogP) is 5.34. The molecular weight excluding hydrogens is 521 g/mol. The zero-order chi connectivity index (χ0) is 24.8. The Hall–Kier alpha value is -2.97. The van der Waals surface area contributed by atoms with Gasteiger partial charge in [-0.3, -0.25) is 4.79 Å². The Kier molecular flexibility index (Phi) is 8.28. The van der Waals surface area contributed by atoms with Crippen LogP contribution >= 0.6 is 15.9 Å². The Labute approximate surface area is 202 Å². The van der Waals surface area contributed by atoms with Gasteiger partial charge in [-0.2, -0.15) is 5.26 Å². The highest BCUT2D eigenvalue weighted by Gasteiger charge is 2.32. The van der Waals surface area contributed by atoms with Gasteiger partial charge in [-0.15, -0.1) is 13.2 Å². The number of amides is 1. The Morgan fingerprint density at radius 3 is 2.53 bits per heavy atom. The molecule has 11 heteroatoms. The van der Waals surface area contributed by atoms with Crippen LogP contribution in [-0.4, -0.2) is 37.3 Å². The number of rotatable bonds is 8. The standard InChI is InChI=1S/C23H22BrF3N2O5/c1-22(13-28,29-21(30)15-8-10-16(11-9-15)34-23(25,26)27)14-32-17-5-4-6-18(20(17)24)33-19-7-2-3-12-31-19/h4-6,8-11,19H,2-3,7,12,14H2,1H3,(H,29,30)/t19-,22-/m1/s1. The van der Waals surface area contributed by atoms with E-state index in [4.69, 9.17) is 14.2 Å². The predicted molar refractivity (Wildman–Crippen MR) is 118 cm³/mol. The van der Waals surface area contributed by atoms with Crippen molar-refractivity contribution in [1.82, 2.24) is 5.32 Å². The molecule has 2 atom stereocenters. The summed E-state index contributed by atoms with van der Waals surface area (Å²) in [5, 5.41) is 12.2. The van der Waals surface area contributed by atoms with Gasteiger partial charge in [0.2, 0.25) is 0 Å². The molecule has 1 fully saturated rings. The molecule has 2 aromatic carbocycles. The quantitative estimate of drug-likeness (QED) is 0.484. The number of hydrogen-bond donors (Lipinski definition) is 1. The molecule has 0 aliphatic carbocycles. The maximum atomic E-state index is 12.5. The number of ether oxygens (including phenoxy) is 4. The van der Waals surface area contributed by atoms with E-state index < -0.39 is 23.6 Å². The summed E-state index contributed by atoms with van der Waals surface area (Å²) in [6, 6.07) is 11.5. The van der Waals surface area contributed by atoms with Gasteiger partial charge in [0.05, 0.1) is 12.7 Å². The summed E-state index contributed by atoms with van der Waals surface area (Å²) < 4.78 is 58.5. The topological polar surface area (TPSA) is 89.8 Å². The fourth-order valence-electron chi connectivity index (χ4n) is 3.09. The smallest absolute Gasteiger partial charge is 0.489 e. The molecule has 0 saturated carbocycles. The third-order valence-electron chi connectivity index (χ3n) is 4.83. The van der Waals surface area contributed by atoms with E-state index >= 15 is 0 Å². The van der Waals surface area contributed by atoms with Crippen LogP contribution in [0.15, 0.2) is 46.9 Å². The van der Waals surface area contributed by atoms with Gasteiger partial charge in [-0.05, 0) is 72.1 Å². The van der Waals surface area contributed by atoms with Crippen molar-refractivity contribution in [3.63, 3.8) is 0 Å². The van der Waals surface area contributed by atoms with E-state index in [1.807, 2.05) is 6.07 Å². The first-order valence-corrected chi connectivity index (χ1v) is 11.2. The summed E-state index contributed by atoms with van der Waals surface area (Å²) in [4.78, 5) is 12.5. The lowest BCUT2D eigenvalue weighted by Crippen LogP contribution is -2.49. The minimum absolute atomic E-state index is 0.0556. The van der Waals surface area contributed by atoms with Crippen LogP contribution in [-0.2, 0) is 4.74 Å². The molecule has 0 radical (unpaired) electrons.